The molecule has 2 atom stereocenters. The van der Waals surface area contributed by atoms with Crippen molar-refractivity contribution >= 4 is 0 Å². The fraction of sp³-hybridized carbons (Fsp3) is 0.583. The number of nitrogens with one attached hydrogen (secondary N) is 1. The van der Waals surface area contributed by atoms with Crippen LogP contribution in [-0.2, 0) is 4.74 Å². The SMILES string of the molecule is CC(NC1(C)CCOC1)c1cncc(F)c1. The van der Waals surface area contributed by atoms with Crippen LogP contribution >= 0.6 is 0 Å². The van der Waals surface area contributed by atoms with E-state index >= 15 is 0 Å². The maximum Gasteiger partial charge on any atom is 0.141 e. The molecule has 16 heavy (non-hydrogen) atoms. The smallest absolute Gasteiger partial charge is 0.141 e. The highest BCUT2D eigenvalue weighted by Crippen LogP contribution is 2.23. The van der Waals surface area contributed by atoms with E-state index in [4.69, 9.17) is 4.74 Å². The van der Waals surface area contributed by atoms with Crippen LogP contribution in [0.15, 0.2) is 18.5 Å². The van der Waals surface area contributed by atoms with Crippen molar-refractivity contribution in [2.45, 2.75) is 31.8 Å². The molecule has 1 fully saturated rings. The highest BCUT2D eigenvalue weighted by Gasteiger charge is 2.30. The van der Waals surface area contributed by atoms with E-state index in [0.717, 1.165) is 18.6 Å². The van der Waals surface area contributed by atoms with Gasteiger partial charge in [0.25, 0.3) is 0 Å². The lowest BCUT2D eigenvalue weighted by atomic mass is 9.99. The van der Waals surface area contributed by atoms with Crippen molar-refractivity contribution in [3.63, 3.8) is 0 Å². The Bertz CT molecular complexity index is 364. The summed E-state index contributed by atoms with van der Waals surface area (Å²) in [6, 6.07) is 1.60. The minimum atomic E-state index is -0.293. The van der Waals surface area contributed by atoms with Gasteiger partial charge in [-0.3, -0.25) is 4.98 Å². The molecule has 0 aromatic carbocycles. The van der Waals surface area contributed by atoms with Crippen LogP contribution in [0.2, 0.25) is 0 Å². The van der Waals surface area contributed by atoms with Gasteiger partial charge in [-0.05, 0) is 31.9 Å². The molecule has 88 valence electrons. The van der Waals surface area contributed by atoms with Crippen LogP contribution in [0.5, 0.6) is 0 Å². The number of rotatable bonds is 3. The van der Waals surface area contributed by atoms with E-state index in [1.165, 1.54) is 12.3 Å². The van der Waals surface area contributed by atoms with E-state index in [2.05, 4.69) is 17.2 Å². The van der Waals surface area contributed by atoms with Crippen LogP contribution in [0.25, 0.3) is 0 Å². The molecule has 2 heterocycles. The molecule has 1 saturated heterocycles. The molecule has 4 heteroatoms. The molecule has 2 rings (SSSR count). The summed E-state index contributed by atoms with van der Waals surface area (Å²) in [6.45, 7) is 5.64. The Balaban J connectivity index is 2.05. The quantitative estimate of drug-likeness (QED) is 0.853. The third-order valence-corrected chi connectivity index (χ3v) is 3.01. The molecule has 0 saturated carbocycles. The topological polar surface area (TPSA) is 34.1 Å². The predicted molar refractivity (Wildman–Crippen MR) is 59.6 cm³/mol. The zero-order chi connectivity index (χ0) is 11.6. The average Bonchev–Trinajstić information content (AvgIpc) is 2.65. The third kappa shape index (κ3) is 2.57. The first-order chi connectivity index (χ1) is 7.59. The van der Waals surface area contributed by atoms with Crippen LogP contribution in [-0.4, -0.2) is 23.7 Å². The van der Waals surface area contributed by atoms with Crippen LogP contribution in [0, 0.1) is 5.82 Å². The van der Waals surface area contributed by atoms with Gasteiger partial charge in [0.1, 0.15) is 5.82 Å². The largest absolute Gasteiger partial charge is 0.379 e. The summed E-state index contributed by atoms with van der Waals surface area (Å²) in [6.07, 6.45) is 3.90. The summed E-state index contributed by atoms with van der Waals surface area (Å²) in [7, 11) is 0. The second-order valence-electron chi connectivity index (χ2n) is 4.67. The highest BCUT2D eigenvalue weighted by atomic mass is 19.1. The maximum absolute atomic E-state index is 13.0. The number of halogens is 1. The second kappa shape index (κ2) is 4.47. The standard InChI is InChI=1S/C12H17FN2O/c1-9(10-5-11(13)7-14-6-10)15-12(2)3-4-16-8-12/h5-7,9,15H,3-4,8H2,1-2H3. The first kappa shape index (κ1) is 11.5. The molecule has 0 amide bonds. The van der Waals surface area contributed by atoms with Gasteiger partial charge in [-0.1, -0.05) is 0 Å². The van der Waals surface area contributed by atoms with Crippen molar-refractivity contribution in [1.82, 2.24) is 10.3 Å². The molecule has 3 nitrogen and oxygen atoms in total. The van der Waals surface area contributed by atoms with E-state index in [1.54, 1.807) is 6.20 Å². The maximum atomic E-state index is 13.0. The number of pyridine rings is 1. The van der Waals surface area contributed by atoms with Crippen molar-refractivity contribution in [3.05, 3.63) is 29.8 Å². The number of hydrogen-bond acceptors (Lipinski definition) is 3. The third-order valence-electron chi connectivity index (χ3n) is 3.01. The first-order valence-electron chi connectivity index (χ1n) is 5.55. The van der Waals surface area contributed by atoms with Gasteiger partial charge in [0.05, 0.1) is 12.8 Å². The van der Waals surface area contributed by atoms with Crippen LogP contribution in [0.3, 0.4) is 0 Å². The zero-order valence-electron chi connectivity index (χ0n) is 9.66. The Hall–Kier alpha value is -1.00. The summed E-state index contributed by atoms with van der Waals surface area (Å²) >= 11 is 0. The molecule has 1 aromatic rings. The lowest BCUT2D eigenvalue weighted by Crippen LogP contribution is -2.44. The van der Waals surface area contributed by atoms with Gasteiger partial charge in [0, 0.05) is 24.4 Å². The number of ether oxygens (including phenoxy) is 1. The summed E-state index contributed by atoms with van der Waals surface area (Å²) in [5, 5.41) is 3.47. The Labute approximate surface area is 95.0 Å². The van der Waals surface area contributed by atoms with Crippen LogP contribution in [0.4, 0.5) is 4.39 Å². The molecule has 1 aliphatic rings. The van der Waals surface area contributed by atoms with Gasteiger partial charge in [-0.15, -0.1) is 0 Å². The summed E-state index contributed by atoms with van der Waals surface area (Å²) in [5.41, 5.74) is 0.860. The van der Waals surface area contributed by atoms with Crippen LogP contribution in [0.1, 0.15) is 31.9 Å². The average molecular weight is 224 g/mol. The molecule has 2 unspecified atom stereocenters. The lowest BCUT2D eigenvalue weighted by molar-refractivity contribution is 0.167. The molecular weight excluding hydrogens is 207 g/mol. The van der Waals surface area contributed by atoms with E-state index in [1.807, 2.05) is 6.92 Å². The Morgan fingerprint density at radius 2 is 2.38 bits per heavy atom. The number of nitrogens with zero attached hydrogens (tertiary/aromatic N) is 1. The van der Waals surface area contributed by atoms with E-state index in [0.29, 0.717) is 6.61 Å². The minimum absolute atomic E-state index is 0.00820. The Morgan fingerprint density at radius 1 is 1.56 bits per heavy atom. The van der Waals surface area contributed by atoms with Crippen molar-refractivity contribution < 1.29 is 9.13 Å². The normalized spacial score (nSPS) is 26.9. The molecule has 0 aliphatic carbocycles. The van der Waals surface area contributed by atoms with Crippen molar-refractivity contribution in [2.24, 2.45) is 0 Å². The minimum Gasteiger partial charge on any atom is -0.379 e. The van der Waals surface area contributed by atoms with Gasteiger partial charge >= 0.3 is 0 Å². The monoisotopic (exact) mass is 224 g/mol. The van der Waals surface area contributed by atoms with Gasteiger partial charge in [0.2, 0.25) is 0 Å². The number of aromatic nitrogens is 1. The Kier molecular flexibility index (Phi) is 3.21. The fourth-order valence-corrected chi connectivity index (χ4v) is 2.05. The zero-order valence-corrected chi connectivity index (χ0v) is 9.66. The van der Waals surface area contributed by atoms with E-state index < -0.39 is 0 Å². The van der Waals surface area contributed by atoms with Gasteiger partial charge in [-0.25, -0.2) is 4.39 Å². The molecule has 1 aromatic heterocycles. The predicted octanol–water partition coefficient (Wildman–Crippen LogP) is 2.05. The molecule has 0 spiro atoms. The molecule has 1 N–H and O–H groups in total. The summed E-state index contributed by atoms with van der Waals surface area (Å²) in [5.74, 6) is -0.293. The van der Waals surface area contributed by atoms with Crippen LogP contribution < -0.4 is 5.32 Å². The fourth-order valence-electron chi connectivity index (χ4n) is 2.05. The number of hydrogen-bond donors (Lipinski definition) is 1. The molecular formula is C12H17FN2O. The van der Waals surface area contributed by atoms with Crippen molar-refractivity contribution in [2.75, 3.05) is 13.2 Å². The Morgan fingerprint density at radius 3 is 3.00 bits per heavy atom. The van der Waals surface area contributed by atoms with Gasteiger partial charge in [0.15, 0.2) is 0 Å². The van der Waals surface area contributed by atoms with Crippen molar-refractivity contribution in [3.8, 4) is 0 Å². The highest BCUT2D eigenvalue weighted by molar-refractivity contribution is 5.15. The van der Waals surface area contributed by atoms with E-state index in [-0.39, 0.29) is 17.4 Å². The molecule has 1 aliphatic heterocycles. The van der Waals surface area contributed by atoms with E-state index in [9.17, 15) is 4.39 Å². The summed E-state index contributed by atoms with van der Waals surface area (Å²) in [4.78, 5) is 3.86. The van der Waals surface area contributed by atoms with Crippen molar-refractivity contribution in [1.29, 1.82) is 0 Å². The second-order valence-corrected chi connectivity index (χ2v) is 4.67. The lowest BCUT2D eigenvalue weighted by Gasteiger charge is -2.28. The van der Waals surface area contributed by atoms with Gasteiger partial charge in [-0.2, -0.15) is 0 Å². The first-order valence-corrected chi connectivity index (χ1v) is 5.55. The summed E-state index contributed by atoms with van der Waals surface area (Å²) < 4.78 is 18.4. The molecule has 0 bridgehead atoms. The molecule has 0 radical (unpaired) electrons. The van der Waals surface area contributed by atoms with Gasteiger partial charge < -0.3 is 10.1 Å².